The highest BCUT2D eigenvalue weighted by Gasteiger charge is 2.06. The van der Waals surface area contributed by atoms with Gasteiger partial charge in [-0.2, -0.15) is 0 Å². The third kappa shape index (κ3) is 1.22. The zero-order valence-electron chi connectivity index (χ0n) is 7.51. The van der Waals surface area contributed by atoms with Crippen LogP contribution in [0.1, 0.15) is 1.37 Å². The lowest BCUT2D eigenvalue weighted by Gasteiger charge is -2.00. The molecule has 0 aliphatic rings. The summed E-state index contributed by atoms with van der Waals surface area (Å²) in [6.45, 7) is 0. The first kappa shape index (κ1) is 6.83. The molecular formula is C10H6F2O. The molecule has 0 saturated heterocycles. The van der Waals surface area contributed by atoms with Crippen LogP contribution in [0.25, 0.3) is 10.8 Å². The number of hydrogen-bond donors (Lipinski definition) is 1. The zero-order chi connectivity index (χ0) is 10.3. The normalized spacial score (nSPS) is 11.7. The summed E-state index contributed by atoms with van der Waals surface area (Å²) in [6, 6.07) is 4.43. The van der Waals surface area contributed by atoms with Crippen LogP contribution < -0.4 is 0 Å². The SMILES string of the molecule is [2H]c1cc(O)cc2ccc(F)c(F)c12. The maximum atomic E-state index is 13.2. The number of rotatable bonds is 0. The number of halogens is 2. The Balaban J connectivity index is 2.95. The molecule has 0 aliphatic heterocycles. The van der Waals surface area contributed by atoms with Gasteiger partial charge in [-0.05, 0) is 29.6 Å². The van der Waals surface area contributed by atoms with Crippen LogP contribution >= 0.6 is 0 Å². The Morgan fingerprint density at radius 1 is 1.23 bits per heavy atom. The molecule has 2 aromatic carbocycles. The molecule has 0 aromatic heterocycles. The quantitative estimate of drug-likeness (QED) is 0.662. The van der Waals surface area contributed by atoms with Crippen LogP contribution in [-0.4, -0.2) is 5.11 Å². The van der Waals surface area contributed by atoms with E-state index in [4.69, 9.17) is 6.48 Å². The number of phenols is 1. The van der Waals surface area contributed by atoms with Gasteiger partial charge in [0.1, 0.15) is 5.75 Å². The minimum Gasteiger partial charge on any atom is -0.508 e. The Morgan fingerprint density at radius 3 is 2.77 bits per heavy atom. The standard InChI is InChI=1S/C10H6F2O/c11-9-4-1-6-5-7(13)2-3-8(6)10(9)12/h1-5,13H/i3D. The number of benzene rings is 2. The highest BCUT2D eigenvalue weighted by Crippen LogP contribution is 2.23. The van der Waals surface area contributed by atoms with Crippen LogP contribution in [0.5, 0.6) is 5.75 Å². The molecule has 0 atom stereocenters. The molecule has 0 saturated carbocycles. The van der Waals surface area contributed by atoms with Crippen LogP contribution in [0.4, 0.5) is 8.78 Å². The number of fused-ring (bicyclic) bond motifs is 1. The lowest BCUT2D eigenvalue weighted by molar-refractivity contribution is 0.476. The minimum absolute atomic E-state index is 0.109. The summed E-state index contributed by atoms with van der Waals surface area (Å²) in [7, 11) is 0. The second-order valence-electron chi connectivity index (χ2n) is 2.68. The first-order valence-corrected chi connectivity index (χ1v) is 3.67. The number of aromatic hydroxyl groups is 1. The Labute approximate surface area is 74.6 Å². The minimum atomic E-state index is -1.05. The van der Waals surface area contributed by atoms with Gasteiger partial charge in [0.25, 0.3) is 0 Å². The van der Waals surface area contributed by atoms with Gasteiger partial charge >= 0.3 is 0 Å². The average molecular weight is 181 g/mol. The van der Waals surface area contributed by atoms with Crippen molar-refractivity contribution in [2.75, 3.05) is 0 Å². The fourth-order valence-corrected chi connectivity index (χ4v) is 1.18. The number of hydrogen-bond acceptors (Lipinski definition) is 1. The van der Waals surface area contributed by atoms with E-state index in [1.807, 2.05) is 0 Å². The molecule has 1 nitrogen and oxygen atoms in total. The highest BCUT2D eigenvalue weighted by atomic mass is 19.2. The smallest absolute Gasteiger partial charge is 0.166 e. The maximum absolute atomic E-state index is 13.2. The lowest BCUT2D eigenvalue weighted by Crippen LogP contribution is -1.85. The van der Waals surface area contributed by atoms with Gasteiger partial charge < -0.3 is 5.11 Å². The van der Waals surface area contributed by atoms with E-state index in [1.54, 1.807) is 0 Å². The van der Waals surface area contributed by atoms with E-state index in [0.717, 1.165) is 12.1 Å². The topological polar surface area (TPSA) is 20.2 Å². The van der Waals surface area contributed by atoms with E-state index in [-0.39, 0.29) is 17.2 Å². The van der Waals surface area contributed by atoms with Crippen molar-refractivity contribution in [2.24, 2.45) is 0 Å². The molecule has 66 valence electrons. The summed E-state index contributed by atoms with van der Waals surface area (Å²) in [5.74, 6) is -2.17. The Kier molecular flexibility index (Phi) is 1.41. The van der Waals surface area contributed by atoms with Crippen LogP contribution in [0, 0.1) is 11.6 Å². The number of phenolic OH excluding ortho intramolecular Hbond substituents is 1. The molecule has 0 unspecified atom stereocenters. The summed E-state index contributed by atoms with van der Waals surface area (Å²) in [5, 5.41) is 9.34. The molecule has 13 heavy (non-hydrogen) atoms. The van der Waals surface area contributed by atoms with Crippen LogP contribution in [0.3, 0.4) is 0 Å². The van der Waals surface area contributed by atoms with Gasteiger partial charge in [-0.25, -0.2) is 8.78 Å². The van der Waals surface area contributed by atoms with Gasteiger partial charge in [-0.15, -0.1) is 0 Å². The van der Waals surface area contributed by atoms with Crippen molar-refractivity contribution < 1.29 is 15.3 Å². The zero-order valence-corrected chi connectivity index (χ0v) is 6.51. The second kappa shape index (κ2) is 2.69. The summed E-state index contributed by atoms with van der Waals surface area (Å²) < 4.78 is 33.4. The van der Waals surface area contributed by atoms with E-state index < -0.39 is 11.6 Å². The Bertz CT molecular complexity index is 511. The fraction of sp³-hybridized carbons (Fsp3) is 0. The van der Waals surface area contributed by atoms with Crippen molar-refractivity contribution in [3.63, 3.8) is 0 Å². The molecule has 0 amide bonds. The summed E-state index contributed by atoms with van der Waals surface area (Å²) in [6.07, 6.45) is 0. The molecule has 0 fully saturated rings. The van der Waals surface area contributed by atoms with Crippen molar-refractivity contribution in [3.05, 3.63) is 41.9 Å². The largest absolute Gasteiger partial charge is 0.508 e. The summed E-state index contributed by atoms with van der Waals surface area (Å²) in [4.78, 5) is 0. The second-order valence-corrected chi connectivity index (χ2v) is 2.68. The van der Waals surface area contributed by atoms with Gasteiger partial charge in [-0.1, -0.05) is 6.07 Å². The van der Waals surface area contributed by atoms with E-state index >= 15 is 0 Å². The molecule has 0 heterocycles. The molecular weight excluding hydrogens is 174 g/mol. The van der Waals surface area contributed by atoms with Gasteiger partial charge in [0, 0.05) is 5.39 Å². The molecule has 1 N–H and O–H groups in total. The van der Waals surface area contributed by atoms with Crippen molar-refractivity contribution in [1.82, 2.24) is 0 Å². The van der Waals surface area contributed by atoms with Gasteiger partial charge in [0.15, 0.2) is 11.6 Å². The molecule has 2 aromatic rings. The average Bonchev–Trinajstić information content (AvgIpc) is 2.10. The van der Waals surface area contributed by atoms with Crippen molar-refractivity contribution in [1.29, 1.82) is 0 Å². The van der Waals surface area contributed by atoms with E-state index in [9.17, 15) is 8.78 Å². The lowest BCUT2D eigenvalue weighted by atomic mass is 10.1. The monoisotopic (exact) mass is 181 g/mol. The predicted molar refractivity (Wildman–Crippen MR) is 45.5 cm³/mol. The molecule has 3 heteroatoms. The Morgan fingerprint density at radius 2 is 2.00 bits per heavy atom. The third-order valence-electron chi connectivity index (χ3n) is 1.79. The molecule has 0 aliphatic carbocycles. The van der Waals surface area contributed by atoms with Crippen molar-refractivity contribution in [2.45, 2.75) is 0 Å². The van der Waals surface area contributed by atoms with E-state index in [0.29, 0.717) is 5.39 Å². The van der Waals surface area contributed by atoms with Crippen molar-refractivity contribution in [3.8, 4) is 5.75 Å². The molecule has 0 spiro atoms. The molecule has 0 radical (unpaired) electrons. The molecule has 2 rings (SSSR count). The third-order valence-corrected chi connectivity index (χ3v) is 1.79. The van der Waals surface area contributed by atoms with Gasteiger partial charge in [0.2, 0.25) is 0 Å². The summed E-state index contributed by atoms with van der Waals surface area (Å²) >= 11 is 0. The first-order valence-electron chi connectivity index (χ1n) is 4.17. The van der Waals surface area contributed by atoms with Gasteiger partial charge in [0.05, 0.1) is 1.37 Å². The van der Waals surface area contributed by atoms with Crippen LogP contribution in [0.2, 0.25) is 0 Å². The fourth-order valence-electron chi connectivity index (χ4n) is 1.18. The maximum Gasteiger partial charge on any atom is 0.166 e. The summed E-state index contributed by atoms with van der Waals surface area (Å²) in [5.41, 5.74) is 0. The van der Waals surface area contributed by atoms with Crippen molar-refractivity contribution >= 4 is 10.8 Å². The Hall–Kier alpha value is -1.64. The first-order chi connectivity index (χ1) is 6.59. The predicted octanol–water partition coefficient (Wildman–Crippen LogP) is 2.82. The van der Waals surface area contributed by atoms with E-state index in [2.05, 4.69) is 0 Å². The highest BCUT2D eigenvalue weighted by molar-refractivity contribution is 5.84. The van der Waals surface area contributed by atoms with Crippen LogP contribution in [-0.2, 0) is 0 Å². The molecule has 0 bridgehead atoms. The van der Waals surface area contributed by atoms with E-state index in [1.165, 1.54) is 12.1 Å². The van der Waals surface area contributed by atoms with Crippen LogP contribution in [0.15, 0.2) is 30.3 Å². The van der Waals surface area contributed by atoms with Gasteiger partial charge in [-0.3, -0.25) is 0 Å².